The second kappa shape index (κ2) is 9.56. The van der Waals surface area contributed by atoms with E-state index in [4.69, 9.17) is 20.0 Å². The SMILES string of the molecule is Cc1cc(Nc2nc(NC3C[C@H]4CC[C@@H](C3)N4CCC#N)nc3cc(OC4CN(C)C4)ccc23)n[nH]1. The first-order chi connectivity index (χ1) is 17.5. The van der Waals surface area contributed by atoms with E-state index in [9.17, 15) is 0 Å². The van der Waals surface area contributed by atoms with Gasteiger partial charge < -0.3 is 15.4 Å². The largest absolute Gasteiger partial charge is 0.488 e. The van der Waals surface area contributed by atoms with Gasteiger partial charge in [-0.05, 0) is 51.8 Å². The molecule has 3 aliphatic rings. The molecule has 3 fully saturated rings. The van der Waals surface area contributed by atoms with Gasteiger partial charge in [0.2, 0.25) is 5.95 Å². The quantitative estimate of drug-likeness (QED) is 0.439. The molecule has 0 amide bonds. The summed E-state index contributed by atoms with van der Waals surface area (Å²) in [4.78, 5) is 14.6. The minimum atomic E-state index is 0.221. The lowest BCUT2D eigenvalue weighted by Gasteiger charge is -2.38. The van der Waals surface area contributed by atoms with Gasteiger partial charge in [-0.25, -0.2) is 4.98 Å². The van der Waals surface area contributed by atoms with E-state index in [2.05, 4.69) is 43.7 Å². The van der Waals surface area contributed by atoms with Crippen molar-refractivity contribution in [2.24, 2.45) is 0 Å². The van der Waals surface area contributed by atoms with Gasteiger partial charge in [0, 0.05) is 67.4 Å². The predicted molar refractivity (Wildman–Crippen MR) is 138 cm³/mol. The minimum Gasteiger partial charge on any atom is -0.488 e. The molecule has 3 saturated heterocycles. The molecule has 5 heterocycles. The topological polar surface area (TPSA) is 118 Å². The maximum Gasteiger partial charge on any atom is 0.225 e. The summed E-state index contributed by atoms with van der Waals surface area (Å²) < 4.78 is 6.17. The first kappa shape index (κ1) is 23.0. The number of aryl methyl sites for hydroxylation is 1. The van der Waals surface area contributed by atoms with Gasteiger partial charge in [-0.1, -0.05) is 0 Å². The Morgan fingerprint density at radius 1 is 1.17 bits per heavy atom. The maximum atomic E-state index is 9.02. The van der Waals surface area contributed by atoms with Crippen LogP contribution in [0.1, 0.15) is 37.8 Å². The van der Waals surface area contributed by atoms with Crippen molar-refractivity contribution in [1.29, 1.82) is 5.26 Å². The molecule has 6 rings (SSSR count). The smallest absolute Gasteiger partial charge is 0.225 e. The molecule has 2 bridgehead atoms. The summed E-state index contributed by atoms with van der Waals surface area (Å²) in [6, 6.07) is 11.6. The summed E-state index contributed by atoms with van der Waals surface area (Å²) in [7, 11) is 2.10. The highest BCUT2D eigenvalue weighted by Crippen LogP contribution is 2.37. The van der Waals surface area contributed by atoms with Gasteiger partial charge >= 0.3 is 0 Å². The minimum absolute atomic E-state index is 0.221. The van der Waals surface area contributed by atoms with Gasteiger partial charge in [-0.15, -0.1) is 0 Å². The predicted octanol–water partition coefficient (Wildman–Crippen LogP) is 3.42. The highest BCUT2D eigenvalue weighted by atomic mass is 16.5. The molecule has 3 atom stereocenters. The van der Waals surface area contributed by atoms with Crippen molar-refractivity contribution in [2.75, 3.05) is 37.3 Å². The van der Waals surface area contributed by atoms with Gasteiger partial charge in [0.1, 0.15) is 17.7 Å². The number of likely N-dealkylation sites (tertiary alicyclic amines) is 1. The number of H-pyrrole nitrogens is 1. The van der Waals surface area contributed by atoms with Crippen LogP contribution >= 0.6 is 0 Å². The molecule has 0 aliphatic carbocycles. The molecule has 1 unspecified atom stereocenters. The number of aromatic nitrogens is 4. The van der Waals surface area contributed by atoms with E-state index < -0.39 is 0 Å². The standard InChI is InChI=1S/C26H33N9O/c1-16-10-24(33-32-16)30-25-22-7-6-20(36-21-14-34(2)15-21)13-23(22)29-26(31-25)28-17-11-18-4-5-19(12-17)35(18)9-3-8-27/h6-7,10,13,17-19,21H,3-5,9,11-12,14-15H2,1-2H3,(H3,28,29,30,31,32,33)/t17?,18-,19+. The molecule has 3 aliphatic heterocycles. The van der Waals surface area contributed by atoms with E-state index >= 15 is 0 Å². The zero-order chi connectivity index (χ0) is 24.6. The van der Waals surface area contributed by atoms with Crippen LogP contribution in [0.15, 0.2) is 24.3 Å². The van der Waals surface area contributed by atoms with Gasteiger partial charge in [0.05, 0.1) is 11.6 Å². The van der Waals surface area contributed by atoms with Crippen LogP contribution in [0.25, 0.3) is 10.9 Å². The molecule has 3 aromatic rings. The summed E-state index contributed by atoms with van der Waals surface area (Å²) in [6.07, 6.45) is 5.32. The fourth-order valence-electron chi connectivity index (χ4n) is 5.97. The Labute approximate surface area is 211 Å². The number of anilines is 3. The van der Waals surface area contributed by atoms with Gasteiger partial charge in [0.15, 0.2) is 5.82 Å². The van der Waals surface area contributed by atoms with Crippen LogP contribution < -0.4 is 15.4 Å². The third kappa shape index (κ3) is 4.68. The Morgan fingerprint density at radius 2 is 1.97 bits per heavy atom. The average molecular weight is 488 g/mol. The highest BCUT2D eigenvalue weighted by Gasteiger charge is 2.40. The maximum absolute atomic E-state index is 9.02. The fourth-order valence-corrected chi connectivity index (χ4v) is 5.97. The summed E-state index contributed by atoms with van der Waals surface area (Å²) in [5.74, 6) is 2.89. The summed E-state index contributed by atoms with van der Waals surface area (Å²) in [5.41, 5.74) is 1.82. The molecular formula is C26H33N9O. The summed E-state index contributed by atoms with van der Waals surface area (Å²) in [5, 5.41) is 24.3. The number of aromatic amines is 1. The number of hydrogen-bond acceptors (Lipinski definition) is 9. The molecular weight excluding hydrogens is 454 g/mol. The van der Waals surface area contributed by atoms with Crippen molar-refractivity contribution in [1.82, 2.24) is 30.0 Å². The van der Waals surface area contributed by atoms with Crippen molar-refractivity contribution in [2.45, 2.75) is 63.3 Å². The molecule has 0 radical (unpaired) electrons. The Balaban J connectivity index is 1.25. The second-order valence-corrected chi connectivity index (χ2v) is 10.4. The lowest BCUT2D eigenvalue weighted by molar-refractivity contribution is 0.0389. The summed E-state index contributed by atoms with van der Waals surface area (Å²) >= 11 is 0. The third-order valence-electron chi connectivity index (χ3n) is 7.65. The van der Waals surface area contributed by atoms with Gasteiger partial charge in [-0.2, -0.15) is 15.3 Å². The fraction of sp³-hybridized carbons (Fsp3) is 0.538. The molecule has 0 saturated carbocycles. The molecule has 10 heteroatoms. The molecule has 1 aromatic carbocycles. The van der Waals surface area contributed by atoms with E-state index in [-0.39, 0.29) is 6.10 Å². The number of benzene rings is 1. The zero-order valence-corrected chi connectivity index (χ0v) is 20.9. The lowest BCUT2D eigenvalue weighted by Crippen LogP contribution is -2.51. The van der Waals surface area contributed by atoms with E-state index in [1.165, 1.54) is 12.8 Å². The number of fused-ring (bicyclic) bond motifs is 3. The van der Waals surface area contributed by atoms with Crippen LogP contribution in [-0.4, -0.2) is 80.9 Å². The van der Waals surface area contributed by atoms with Gasteiger partial charge in [-0.3, -0.25) is 14.9 Å². The van der Waals surface area contributed by atoms with Crippen molar-refractivity contribution in [3.63, 3.8) is 0 Å². The zero-order valence-electron chi connectivity index (χ0n) is 20.9. The second-order valence-electron chi connectivity index (χ2n) is 10.4. The Kier molecular flexibility index (Phi) is 6.11. The molecule has 10 nitrogen and oxygen atoms in total. The monoisotopic (exact) mass is 487 g/mol. The molecule has 3 N–H and O–H groups in total. The van der Waals surface area contributed by atoms with Crippen molar-refractivity contribution >= 4 is 28.5 Å². The molecule has 2 aromatic heterocycles. The number of nitrogens with zero attached hydrogens (tertiary/aromatic N) is 6. The van der Waals surface area contributed by atoms with Gasteiger partial charge in [0.25, 0.3) is 0 Å². The third-order valence-corrected chi connectivity index (χ3v) is 7.65. The highest BCUT2D eigenvalue weighted by molar-refractivity contribution is 5.92. The van der Waals surface area contributed by atoms with Crippen molar-refractivity contribution in [3.05, 3.63) is 30.0 Å². The van der Waals surface area contributed by atoms with Crippen LogP contribution in [0.5, 0.6) is 5.75 Å². The average Bonchev–Trinajstić information content (AvgIpc) is 3.35. The molecule has 0 spiro atoms. The number of rotatable bonds is 8. The Hall–Kier alpha value is -3.42. The van der Waals surface area contributed by atoms with E-state index in [1.807, 2.05) is 31.2 Å². The first-order valence-corrected chi connectivity index (χ1v) is 12.9. The molecule has 188 valence electrons. The summed E-state index contributed by atoms with van der Waals surface area (Å²) in [6.45, 7) is 4.73. The lowest BCUT2D eigenvalue weighted by atomic mass is 9.97. The van der Waals surface area contributed by atoms with Crippen LogP contribution in [-0.2, 0) is 0 Å². The number of likely N-dealkylation sites (N-methyl/N-ethyl adjacent to an activating group) is 1. The van der Waals surface area contributed by atoms with Crippen LogP contribution in [0.4, 0.5) is 17.6 Å². The van der Waals surface area contributed by atoms with Crippen molar-refractivity contribution in [3.8, 4) is 11.8 Å². The first-order valence-electron chi connectivity index (χ1n) is 12.9. The number of nitrogens with one attached hydrogen (secondary N) is 3. The van der Waals surface area contributed by atoms with Crippen molar-refractivity contribution < 1.29 is 4.74 Å². The van der Waals surface area contributed by atoms with Crippen LogP contribution in [0, 0.1) is 18.3 Å². The normalized spacial score (nSPS) is 24.4. The van der Waals surface area contributed by atoms with Crippen LogP contribution in [0.2, 0.25) is 0 Å². The number of piperidine rings is 1. The van der Waals surface area contributed by atoms with E-state index in [0.29, 0.717) is 30.5 Å². The van der Waals surface area contributed by atoms with Crippen LogP contribution in [0.3, 0.4) is 0 Å². The number of ether oxygens (including phenoxy) is 1. The Morgan fingerprint density at radius 3 is 2.67 bits per heavy atom. The number of nitriles is 1. The van der Waals surface area contributed by atoms with E-state index in [1.54, 1.807) is 0 Å². The Bertz CT molecular complexity index is 1260. The van der Waals surface area contributed by atoms with E-state index in [0.717, 1.165) is 66.5 Å². The number of hydrogen-bond donors (Lipinski definition) is 3. The molecule has 36 heavy (non-hydrogen) atoms.